The lowest BCUT2D eigenvalue weighted by Gasteiger charge is -2.27. The molecular formula is C12H19N2+. The van der Waals surface area contributed by atoms with Gasteiger partial charge in [0.2, 0.25) is 0 Å². The fourth-order valence-corrected chi connectivity index (χ4v) is 1.95. The molecule has 14 heavy (non-hydrogen) atoms. The number of piperazine rings is 1. The Labute approximate surface area is 85.9 Å². The lowest BCUT2D eigenvalue weighted by molar-refractivity contribution is -0.655. The van der Waals surface area contributed by atoms with Crippen LogP contribution in [-0.4, -0.2) is 26.2 Å². The van der Waals surface area contributed by atoms with E-state index in [0.717, 1.165) is 6.42 Å². The van der Waals surface area contributed by atoms with Gasteiger partial charge in [-0.25, -0.2) is 0 Å². The molecular weight excluding hydrogens is 172 g/mol. The van der Waals surface area contributed by atoms with E-state index in [-0.39, 0.29) is 0 Å². The van der Waals surface area contributed by atoms with Gasteiger partial charge < -0.3 is 10.2 Å². The number of benzene rings is 1. The molecule has 1 aliphatic heterocycles. The third-order valence-electron chi connectivity index (χ3n) is 2.92. The van der Waals surface area contributed by atoms with Crippen LogP contribution in [0.15, 0.2) is 24.3 Å². The molecule has 0 aromatic heterocycles. The molecule has 1 aromatic carbocycles. The summed E-state index contributed by atoms with van der Waals surface area (Å²) < 4.78 is 0. The average molecular weight is 191 g/mol. The van der Waals surface area contributed by atoms with E-state index >= 15 is 0 Å². The summed E-state index contributed by atoms with van der Waals surface area (Å²) in [5.74, 6) is 0. The van der Waals surface area contributed by atoms with Crippen molar-refractivity contribution in [3.63, 3.8) is 0 Å². The average Bonchev–Trinajstić information content (AvgIpc) is 2.30. The number of anilines is 1. The van der Waals surface area contributed by atoms with Crippen molar-refractivity contribution in [1.82, 2.24) is 0 Å². The number of nitrogens with zero attached hydrogens (tertiary/aromatic N) is 1. The summed E-state index contributed by atoms with van der Waals surface area (Å²) in [6, 6.07) is 9.00. The monoisotopic (exact) mass is 191 g/mol. The number of hydrogen-bond donors (Lipinski definition) is 1. The maximum absolute atomic E-state index is 2.47. The lowest BCUT2D eigenvalue weighted by atomic mass is 10.1. The highest BCUT2D eigenvalue weighted by molar-refractivity contribution is 5.47. The molecule has 0 radical (unpaired) electrons. The van der Waals surface area contributed by atoms with Crippen molar-refractivity contribution in [3.8, 4) is 0 Å². The smallest absolute Gasteiger partial charge is 0.0934 e. The van der Waals surface area contributed by atoms with Gasteiger partial charge >= 0.3 is 0 Å². The minimum atomic E-state index is 1.13. The second kappa shape index (κ2) is 4.47. The second-order valence-corrected chi connectivity index (χ2v) is 3.87. The predicted octanol–water partition coefficient (Wildman–Crippen LogP) is 0.632. The minimum Gasteiger partial charge on any atom is -0.360 e. The number of rotatable bonds is 2. The molecule has 0 atom stereocenters. The maximum Gasteiger partial charge on any atom is 0.0934 e. The molecule has 1 fully saturated rings. The number of nitrogens with two attached hydrogens (primary N) is 1. The van der Waals surface area contributed by atoms with Gasteiger partial charge in [-0.05, 0) is 24.1 Å². The highest BCUT2D eigenvalue weighted by Crippen LogP contribution is 2.15. The van der Waals surface area contributed by atoms with Crippen molar-refractivity contribution in [2.75, 3.05) is 31.1 Å². The predicted molar refractivity (Wildman–Crippen MR) is 59.7 cm³/mol. The van der Waals surface area contributed by atoms with Crippen LogP contribution in [0.1, 0.15) is 12.5 Å². The van der Waals surface area contributed by atoms with Crippen molar-refractivity contribution in [2.45, 2.75) is 13.3 Å². The van der Waals surface area contributed by atoms with Crippen LogP contribution < -0.4 is 10.2 Å². The molecule has 0 unspecified atom stereocenters. The third-order valence-corrected chi connectivity index (χ3v) is 2.92. The summed E-state index contributed by atoms with van der Waals surface area (Å²) in [6.45, 7) is 7.03. The molecule has 1 heterocycles. The standard InChI is InChI=1S/C12H18N2/c1-2-11-3-5-12(6-4-11)14-9-7-13-8-10-14/h3-6,13H,2,7-10H2,1H3/p+1. The first-order valence-corrected chi connectivity index (χ1v) is 5.55. The van der Waals surface area contributed by atoms with E-state index in [1.165, 1.54) is 37.4 Å². The molecule has 0 bridgehead atoms. The van der Waals surface area contributed by atoms with Crippen LogP contribution in [0, 0.1) is 0 Å². The SMILES string of the molecule is CCc1ccc(N2CC[NH2+]CC2)cc1. The highest BCUT2D eigenvalue weighted by Gasteiger charge is 2.11. The molecule has 0 amide bonds. The molecule has 0 saturated carbocycles. The molecule has 76 valence electrons. The number of hydrogen-bond acceptors (Lipinski definition) is 1. The first kappa shape index (κ1) is 9.53. The Balaban J connectivity index is 2.07. The van der Waals surface area contributed by atoms with Gasteiger partial charge in [-0.2, -0.15) is 0 Å². The van der Waals surface area contributed by atoms with E-state index in [4.69, 9.17) is 0 Å². The molecule has 0 aliphatic carbocycles. The normalized spacial score (nSPS) is 17.1. The second-order valence-electron chi connectivity index (χ2n) is 3.87. The number of quaternary nitrogens is 1. The van der Waals surface area contributed by atoms with Gasteiger partial charge in [-0.1, -0.05) is 19.1 Å². The summed E-state index contributed by atoms with van der Waals surface area (Å²) in [5, 5.41) is 2.39. The molecule has 1 aliphatic rings. The van der Waals surface area contributed by atoms with Crippen LogP contribution in [-0.2, 0) is 6.42 Å². The van der Waals surface area contributed by atoms with Crippen LogP contribution in [0.2, 0.25) is 0 Å². The van der Waals surface area contributed by atoms with Crippen molar-refractivity contribution < 1.29 is 5.32 Å². The summed E-state index contributed by atoms with van der Waals surface area (Å²) in [7, 11) is 0. The van der Waals surface area contributed by atoms with Crippen molar-refractivity contribution >= 4 is 5.69 Å². The van der Waals surface area contributed by atoms with Crippen LogP contribution in [0.3, 0.4) is 0 Å². The Morgan fingerprint density at radius 1 is 1.14 bits per heavy atom. The van der Waals surface area contributed by atoms with Gasteiger partial charge in [0.25, 0.3) is 0 Å². The van der Waals surface area contributed by atoms with E-state index < -0.39 is 0 Å². The number of aryl methyl sites for hydroxylation is 1. The molecule has 0 spiro atoms. The topological polar surface area (TPSA) is 19.9 Å². The van der Waals surface area contributed by atoms with Crippen LogP contribution in [0.5, 0.6) is 0 Å². The first-order chi connectivity index (χ1) is 6.90. The summed E-state index contributed by atoms with van der Waals surface area (Å²) >= 11 is 0. The zero-order valence-electron chi connectivity index (χ0n) is 8.87. The third kappa shape index (κ3) is 2.07. The van der Waals surface area contributed by atoms with Gasteiger partial charge in [0.15, 0.2) is 0 Å². The molecule has 2 rings (SSSR count). The largest absolute Gasteiger partial charge is 0.360 e. The fourth-order valence-electron chi connectivity index (χ4n) is 1.95. The Kier molecular flexibility index (Phi) is 3.04. The maximum atomic E-state index is 2.47. The van der Waals surface area contributed by atoms with Crippen LogP contribution in [0.25, 0.3) is 0 Å². The lowest BCUT2D eigenvalue weighted by Crippen LogP contribution is -2.89. The minimum absolute atomic E-state index is 1.13. The summed E-state index contributed by atoms with van der Waals surface area (Å²) in [4.78, 5) is 2.47. The first-order valence-electron chi connectivity index (χ1n) is 5.55. The highest BCUT2D eigenvalue weighted by atomic mass is 15.2. The quantitative estimate of drug-likeness (QED) is 0.727. The van der Waals surface area contributed by atoms with Crippen LogP contribution >= 0.6 is 0 Å². The molecule has 2 heteroatoms. The van der Waals surface area contributed by atoms with Gasteiger partial charge in [0, 0.05) is 5.69 Å². The van der Waals surface area contributed by atoms with Gasteiger partial charge in [-0.3, -0.25) is 0 Å². The zero-order chi connectivity index (χ0) is 9.80. The van der Waals surface area contributed by atoms with E-state index in [9.17, 15) is 0 Å². The zero-order valence-corrected chi connectivity index (χ0v) is 8.87. The summed E-state index contributed by atoms with van der Waals surface area (Å²) in [6.07, 6.45) is 1.13. The van der Waals surface area contributed by atoms with Crippen molar-refractivity contribution in [3.05, 3.63) is 29.8 Å². The van der Waals surface area contributed by atoms with Gasteiger partial charge in [0.05, 0.1) is 26.2 Å². The molecule has 1 aromatic rings. The van der Waals surface area contributed by atoms with Crippen molar-refractivity contribution in [1.29, 1.82) is 0 Å². The van der Waals surface area contributed by atoms with E-state index in [1.807, 2.05) is 0 Å². The Bertz CT molecular complexity index is 273. The van der Waals surface area contributed by atoms with Gasteiger partial charge in [-0.15, -0.1) is 0 Å². The Hall–Kier alpha value is -1.02. The van der Waals surface area contributed by atoms with E-state index in [1.54, 1.807) is 0 Å². The molecule has 1 saturated heterocycles. The Morgan fingerprint density at radius 3 is 2.36 bits per heavy atom. The molecule has 2 nitrogen and oxygen atoms in total. The van der Waals surface area contributed by atoms with Crippen LogP contribution in [0.4, 0.5) is 5.69 Å². The van der Waals surface area contributed by atoms with Gasteiger partial charge in [0.1, 0.15) is 0 Å². The molecule has 2 N–H and O–H groups in total. The Morgan fingerprint density at radius 2 is 1.79 bits per heavy atom. The fraction of sp³-hybridized carbons (Fsp3) is 0.500. The van der Waals surface area contributed by atoms with E-state index in [0.29, 0.717) is 0 Å². The van der Waals surface area contributed by atoms with Crippen molar-refractivity contribution in [2.24, 2.45) is 0 Å². The summed E-state index contributed by atoms with van der Waals surface area (Å²) in [5.41, 5.74) is 2.81. The van der Waals surface area contributed by atoms with E-state index in [2.05, 4.69) is 41.4 Å².